The topological polar surface area (TPSA) is 35.6 Å². The van der Waals surface area contributed by atoms with Crippen LogP contribution in [-0.4, -0.2) is 48.6 Å². The molecule has 4 heteroatoms. The highest BCUT2D eigenvalue weighted by atomic mass is 16.2. The SMILES string of the molecule is CCCC1NC(c2ccccc2)C(=O)N1CCN(C)CC. The first kappa shape index (κ1) is 16.0. The molecule has 21 heavy (non-hydrogen) atoms. The molecule has 0 bridgehead atoms. The van der Waals surface area contributed by atoms with E-state index in [4.69, 9.17) is 0 Å². The molecule has 1 fully saturated rings. The van der Waals surface area contributed by atoms with Crippen LogP contribution in [0.3, 0.4) is 0 Å². The fourth-order valence-electron chi connectivity index (χ4n) is 2.77. The van der Waals surface area contributed by atoms with Crippen LogP contribution in [0, 0.1) is 0 Å². The third-order valence-electron chi connectivity index (χ3n) is 4.22. The second-order valence-corrected chi connectivity index (χ2v) is 5.74. The van der Waals surface area contributed by atoms with Gasteiger partial charge in [0.25, 0.3) is 0 Å². The first-order valence-electron chi connectivity index (χ1n) is 7.97. The molecular formula is C17H27N3O. The lowest BCUT2D eigenvalue weighted by Crippen LogP contribution is -2.41. The Hall–Kier alpha value is -1.39. The van der Waals surface area contributed by atoms with Crippen LogP contribution < -0.4 is 5.32 Å². The molecule has 1 N–H and O–H groups in total. The van der Waals surface area contributed by atoms with E-state index in [1.807, 2.05) is 35.2 Å². The number of nitrogens with zero attached hydrogens (tertiary/aromatic N) is 2. The molecule has 2 rings (SSSR count). The van der Waals surface area contributed by atoms with Crippen molar-refractivity contribution in [2.45, 2.75) is 38.9 Å². The normalized spacial score (nSPS) is 22.3. The largest absolute Gasteiger partial charge is 0.324 e. The molecule has 4 nitrogen and oxygen atoms in total. The molecule has 116 valence electrons. The van der Waals surface area contributed by atoms with E-state index in [9.17, 15) is 4.79 Å². The van der Waals surface area contributed by atoms with Gasteiger partial charge in [0.05, 0.1) is 6.17 Å². The zero-order valence-electron chi connectivity index (χ0n) is 13.4. The Labute approximate surface area is 128 Å². The van der Waals surface area contributed by atoms with E-state index >= 15 is 0 Å². The van der Waals surface area contributed by atoms with Crippen molar-refractivity contribution in [3.05, 3.63) is 35.9 Å². The molecule has 0 spiro atoms. The number of nitrogens with one attached hydrogen (secondary N) is 1. The highest BCUT2D eigenvalue weighted by Crippen LogP contribution is 2.25. The lowest BCUT2D eigenvalue weighted by Gasteiger charge is -2.26. The number of rotatable bonds is 7. The van der Waals surface area contributed by atoms with Gasteiger partial charge >= 0.3 is 0 Å². The van der Waals surface area contributed by atoms with Crippen LogP contribution in [0.15, 0.2) is 30.3 Å². The maximum absolute atomic E-state index is 12.7. The summed E-state index contributed by atoms with van der Waals surface area (Å²) in [6.45, 7) is 7.03. The Morgan fingerprint density at radius 2 is 1.95 bits per heavy atom. The van der Waals surface area contributed by atoms with Gasteiger partial charge in [-0.3, -0.25) is 10.1 Å². The van der Waals surface area contributed by atoms with Crippen molar-refractivity contribution < 1.29 is 4.79 Å². The van der Waals surface area contributed by atoms with E-state index in [-0.39, 0.29) is 18.1 Å². The van der Waals surface area contributed by atoms with Crippen LogP contribution >= 0.6 is 0 Å². The molecule has 0 radical (unpaired) electrons. The molecule has 0 saturated carbocycles. The fraction of sp³-hybridized carbons (Fsp3) is 0.588. The summed E-state index contributed by atoms with van der Waals surface area (Å²) >= 11 is 0. The minimum atomic E-state index is -0.185. The summed E-state index contributed by atoms with van der Waals surface area (Å²) in [5.41, 5.74) is 1.06. The summed E-state index contributed by atoms with van der Waals surface area (Å²) < 4.78 is 0. The maximum atomic E-state index is 12.7. The molecule has 0 aromatic heterocycles. The Balaban J connectivity index is 2.09. The van der Waals surface area contributed by atoms with Crippen molar-refractivity contribution in [2.75, 3.05) is 26.7 Å². The standard InChI is InChI=1S/C17H27N3O/c1-4-9-15-18-16(14-10-7-6-8-11-14)17(21)20(15)13-12-19(3)5-2/h6-8,10-11,15-16,18H,4-5,9,12-13H2,1-3H3. The van der Waals surface area contributed by atoms with Crippen LogP contribution in [0.25, 0.3) is 0 Å². The van der Waals surface area contributed by atoms with E-state index in [0.29, 0.717) is 0 Å². The molecule has 1 aromatic carbocycles. The van der Waals surface area contributed by atoms with Crippen molar-refractivity contribution >= 4 is 5.91 Å². The number of amides is 1. The number of carbonyl (C=O) groups is 1. The second kappa shape index (κ2) is 7.57. The molecule has 1 saturated heterocycles. The summed E-state index contributed by atoms with van der Waals surface area (Å²) in [7, 11) is 2.09. The number of hydrogen-bond acceptors (Lipinski definition) is 3. The van der Waals surface area contributed by atoms with Gasteiger partial charge in [-0.15, -0.1) is 0 Å². The van der Waals surface area contributed by atoms with E-state index in [0.717, 1.165) is 38.0 Å². The van der Waals surface area contributed by atoms with Crippen LogP contribution in [0.5, 0.6) is 0 Å². The van der Waals surface area contributed by atoms with Crippen molar-refractivity contribution in [3.63, 3.8) is 0 Å². The molecule has 2 unspecified atom stereocenters. The van der Waals surface area contributed by atoms with Crippen molar-refractivity contribution in [2.24, 2.45) is 0 Å². The van der Waals surface area contributed by atoms with Crippen LogP contribution in [0.4, 0.5) is 0 Å². The third-order valence-corrected chi connectivity index (χ3v) is 4.22. The first-order chi connectivity index (χ1) is 10.2. The fourth-order valence-corrected chi connectivity index (χ4v) is 2.77. The molecule has 1 aliphatic rings. The maximum Gasteiger partial charge on any atom is 0.245 e. The van der Waals surface area contributed by atoms with Gasteiger partial charge in [-0.25, -0.2) is 0 Å². The van der Waals surface area contributed by atoms with E-state index in [1.54, 1.807) is 0 Å². The van der Waals surface area contributed by atoms with E-state index in [1.165, 1.54) is 0 Å². The Morgan fingerprint density at radius 1 is 1.24 bits per heavy atom. The third kappa shape index (κ3) is 3.83. The Kier molecular flexibility index (Phi) is 5.76. The summed E-state index contributed by atoms with van der Waals surface area (Å²) in [5, 5.41) is 3.51. The summed E-state index contributed by atoms with van der Waals surface area (Å²) in [5.74, 6) is 0.212. The van der Waals surface area contributed by atoms with Crippen LogP contribution in [0.1, 0.15) is 38.3 Å². The number of benzene rings is 1. The minimum absolute atomic E-state index is 0.165. The minimum Gasteiger partial charge on any atom is -0.324 e. The second-order valence-electron chi connectivity index (χ2n) is 5.74. The molecule has 0 aliphatic carbocycles. The number of likely N-dealkylation sites (N-methyl/N-ethyl adjacent to an activating group) is 1. The predicted molar refractivity (Wildman–Crippen MR) is 85.9 cm³/mol. The highest BCUT2D eigenvalue weighted by Gasteiger charge is 2.38. The highest BCUT2D eigenvalue weighted by molar-refractivity contribution is 5.85. The first-order valence-corrected chi connectivity index (χ1v) is 7.97. The molecular weight excluding hydrogens is 262 g/mol. The van der Waals surface area contributed by atoms with Crippen LogP contribution in [-0.2, 0) is 4.79 Å². The monoisotopic (exact) mass is 289 g/mol. The predicted octanol–water partition coefficient (Wildman–Crippen LogP) is 2.24. The van der Waals surface area contributed by atoms with Gasteiger partial charge in [-0.2, -0.15) is 0 Å². The summed E-state index contributed by atoms with van der Waals surface area (Å²) in [4.78, 5) is 17.0. The Morgan fingerprint density at radius 3 is 2.57 bits per heavy atom. The zero-order chi connectivity index (χ0) is 15.2. The number of hydrogen-bond donors (Lipinski definition) is 1. The van der Waals surface area contributed by atoms with Gasteiger partial charge in [0.15, 0.2) is 0 Å². The number of carbonyl (C=O) groups excluding carboxylic acids is 1. The molecule has 1 amide bonds. The summed E-state index contributed by atoms with van der Waals surface area (Å²) in [6.07, 6.45) is 2.25. The zero-order valence-corrected chi connectivity index (χ0v) is 13.4. The average Bonchev–Trinajstić information content (AvgIpc) is 2.82. The van der Waals surface area contributed by atoms with E-state index < -0.39 is 0 Å². The van der Waals surface area contributed by atoms with Gasteiger partial charge < -0.3 is 9.80 Å². The lowest BCUT2D eigenvalue weighted by molar-refractivity contribution is -0.130. The molecule has 1 heterocycles. The molecule has 2 atom stereocenters. The molecule has 1 aromatic rings. The smallest absolute Gasteiger partial charge is 0.245 e. The van der Waals surface area contributed by atoms with Crippen molar-refractivity contribution in [1.29, 1.82) is 0 Å². The van der Waals surface area contributed by atoms with Crippen molar-refractivity contribution in [1.82, 2.24) is 15.1 Å². The molecule has 1 aliphatic heterocycles. The van der Waals surface area contributed by atoms with E-state index in [2.05, 4.69) is 31.1 Å². The van der Waals surface area contributed by atoms with Gasteiger partial charge in [-0.1, -0.05) is 50.6 Å². The summed E-state index contributed by atoms with van der Waals surface area (Å²) in [6, 6.07) is 9.84. The van der Waals surface area contributed by atoms with Gasteiger partial charge in [-0.05, 0) is 25.6 Å². The van der Waals surface area contributed by atoms with Crippen LogP contribution in [0.2, 0.25) is 0 Å². The quantitative estimate of drug-likeness (QED) is 0.836. The van der Waals surface area contributed by atoms with Gasteiger partial charge in [0, 0.05) is 13.1 Å². The van der Waals surface area contributed by atoms with Crippen molar-refractivity contribution in [3.8, 4) is 0 Å². The average molecular weight is 289 g/mol. The van der Waals surface area contributed by atoms with Gasteiger partial charge in [0.2, 0.25) is 5.91 Å². The Bertz CT molecular complexity index is 449. The van der Waals surface area contributed by atoms with Gasteiger partial charge in [0.1, 0.15) is 6.04 Å². The lowest BCUT2D eigenvalue weighted by atomic mass is 10.1.